The molecule has 1 spiro atoms. The van der Waals surface area contributed by atoms with Gasteiger partial charge in [0.15, 0.2) is 0 Å². The Balaban J connectivity index is 1.16. The summed E-state index contributed by atoms with van der Waals surface area (Å²) in [6.07, 6.45) is 7.41. The fraction of sp³-hybridized carbons (Fsp3) is 0.636. The third-order valence-corrected chi connectivity index (χ3v) is 7.16. The maximum Gasteiger partial charge on any atom is 0.322 e. The highest BCUT2D eigenvalue weighted by molar-refractivity contribution is 5.91. The number of carbonyl (C=O) groups excluding carboxylic acids is 2. The van der Waals surface area contributed by atoms with E-state index in [-0.39, 0.29) is 12.1 Å². The monoisotopic (exact) mass is 398 g/mol. The molecule has 4 fully saturated rings. The summed E-state index contributed by atoms with van der Waals surface area (Å²) in [7, 11) is 0. The normalized spacial score (nSPS) is 26.6. The highest BCUT2D eigenvalue weighted by Crippen LogP contribution is 2.59. The van der Waals surface area contributed by atoms with Gasteiger partial charge in [-0.15, -0.1) is 0 Å². The zero-order valence-corrected chi connectivity index (χ0v) is 17.1. The van der Waals surface area contributed by atoms with Crippen LogP contribution in [0.3, 0.4) is 0 Å². The van der Waals surface area contributed by atoms with E-state index in [2.05, 4.69) is 15.5 Å². The molecule has 3 heterocycles. The molecule has 2 atom stereocenters. The number of urea groups is 2. The number of hydrogen-bond acceptors (Lipinski definition) is 3. The summed E-state index contributed by atoms with van der Waals surface area (Å²) >= 11 is 0. The van der Waals surface area contributed by atoms with Crippen molar-refractivity contribution in [3.8, 4) is 5.75 Å². The third kappa shape index (κ3) is 3.63. The van der Waals surface area contributed by atoms with Gasteiger partial charge in [0, 0.05) is 30.9 Å². The topological polar surface area (TPSA) is 73.9 Å². The van der Waals surface area contributed by atoms with E-state index >= 15 is 0 Å². The van der Waals surface area contributed by atoms with Crippen LogP contribution in [-0.2, 0) is 0 Å². The minimum atomic E-state index is -0.0258. The van der Waals surface area contributed by atoms with Crippen molar-refractivity contribution in [3.05, 3.63) is 23.8 Å². The Morgan fingerprint density at radius 2 is 2.03 bits per heavy atom. The molecule has 3 saturated heterocycles. The van der Waals surface area contributed by atoms with Crippen molar-refractivity contribution in [2.24, 2.45) is 5.41 Å². The van der Waals surface area contributed by atoms with E-state index in [1.807, 2.05) is 25.1 Å². The third-order valence-electron chi connectivity index (χ3n) is 7.16. The fourth-order valence-electron chi connectivity index (χ4n) is 5.41. The van der Waals surface area contributed by atoms with Crippen LogP contribution in [0.1, 0.15) is 44.1 Å². The molecule has 1 saturated carbocycles. The molecule has 4 amide bonds. The van der Waals surface area contributed by atoms with E-state index in [9.17, 15) is 9.59 Å². The number of piperidine rings is 1. The first kappa shape index (κ1) is 18.6. The quantitative estimate of drug-likeness (QED) is 0.799. The Morgan fingerprint density at radius 3 is 2.66 bits per heavy atom. The Hall–Kier alpha value is -2.44. The second kappa shape index (κ2) is 7.11. The van der Waals surface area contributed by atoms with Crippen molar-refractivity contribution >= 4 is 17.7 Å². The predicted molar refractivity (Wildman–Crippen MR) is 110 cm³/mol. The average Bonchev–Trinajstić information content (AvgIpc) is 3.20. The van der Waals surface area contributed by atoms with E-state index in [1.54, 1.807) is 4.90 Å². The molecule has 2 unspecified atom stereocenters. The van der Waals surface area contributed by atoms with Crippen LogP contribution >= 0.6 is 0 Å². The average molecular weight is 399 g/mol. The second-order valence-corrected chi connectivity index (χ2v) is 9.17. The summed E-state index contributed by atoms with van der Waals surface area (Å²) in [6, 6.07) is 6.61. The molecule has 1 aliphatic carbocycles. The van der Waals surface area contributed by atoms with Crippen LogP contribution in [-0.4, -0.2) is 60.2 Å². The van der Waals surface area contributed by atoms with Crippen LogP contribution in [0.2, 0.25) is 0 Å². The molecule has 2 N–H and O–H groups in total. The minimum Gasteiger partial charge on any atom is -0.492 e. The molecule has 5 rings (SSSR count). The van der Waals surface area contributed by atoms with Gasteiger partial charge >= 0.3 is 12.1 Å². The van der Waals surface area contributed by atoms with Gasteiger partial charge < -0.3 is 25.2 Å². The van der Waals surface area contributed by atoms with Gasteiger partial charge in [-0.1, -0.05) is 0 Å². The van der Waals surface area contributed by atoms with Gasteiger partial charge in [-0.05, 0) is 74.6 Å². The van der Waals surface area contributed by atoms with Crippen molar-refractivity contribution in [2.75, 3.05) is 31.6 Å². The van der Waals surface area contributed by atoms with E-state index in [1.165, 1.54) is 25.7 Å². The van der Waals surface area contributed by atoms with Crippen LogP contribution in [0.5, 0.6) is 5.75 Å². The Labute approximate surface area is 171 Å². The molecule has 7 heteroatoms. The highest BCUT2D eigenvalue weighted by atomic mass is 16.5. The summed E-state index contributed by atoms with van der Waals surface area (Å²) in [5.74, 6) is 0.758. The maximum atomic E-state index is 13.0. The lowest BCUT2D eigenvalue weighted by Crippen LogP contribution is -2.49. The van der Waals surface area contributed by atoms with Gasteiger partial charge in [-0.2, -0.15) is 0 Å². The zero-order valence-electron chi connectivity index (χ0n) is 17.1. The Bertz CT molecular complexity index is 806. The number of benzene rings is 1. The predicted octanol–water partition coefficient (Wildman–Crippen LogP) is 3.34. The van der Waals surface area contributed by atoms with Crippen LogP contribution in [0, 0.1) is 12.3 Å². The van der Waals surface area contributed by atoms with Crippen molar-refractivity contribution in [3.63, 3.8) is 0 Å². The maximum absolute atomic E-state index is 13.0. The number of ether oxygens (including phenoxy) is 1. The highest BCUT2D eigenvalue weighted by Gasteiger charge is 2.55. The zero-order chi connectivity index (χ0) is 20.0. The molecule has 3 aliphatic heterocycles. The van der Waals surface area contributed by atoms with Crippen molar-refractivity contribution in [1.82, 2.24) is 15.1 Å². The first-order valence-corrected chi connectivity index (χ1v) is 10.9. The number of amides is 4. The molecule has 29 heavy (non-hydrogen) atoms. The lowest BCUT2D eigenvalue weighted by Gasteiger charge is -2.39. The van der Waals surface area contributed by atoms with Crippen molar-refractivity contribution < 1.29 is 14.3 Å². The van der Waals surface area contributed by atoms with Crippen LogP contribution in [0.15, 0.2) is 18.2 Å². The number of aryl methyl sites for hydroxylation is 1. The summed E-state index contributed by atoms with van der Waals surface area (Å²) in [5, 5.41) is 5.92. The molecule has 2 bridgehead atoms. The van der Waals surface area contributed by atoms with Gasteiger partial charge in [0.1, 0.15) is 12.4 Å². The molecule has 1 aromatic rings. The number of hydrogen-bond donors (Lipinski definition) is 2. The lowest BCUT2D eigenvalue weighted by atomic mass is 9.88. The molecule has 0 aromatic heterocycles. The van der Waals surface area contributed by atoms with E-state index in [4.69, 9.17) is 4.74 Å². The Morgan fingerprint density at radius 1 is 1.28 bits per heavy atom. The fourth-order valence-corrected chi connectivity index (χ4v) is 5.41. The van der Waals surface area contributed by atoms with Gasteiger partial charge in [-0.25, -0.2) is 9.59 Å². The standard InChI is InChI=1S/C22H30N4O3/c1-15-12-18(29-11-10-25-9-8-23-20(25)27)4-5-19(15)24-21(28)26-16-2-3-17(26)14-22(13-16)6-7-22/h4-5,12,16-17H,2-3,6-11,13-14H2,1H3,(H,23,27)(H,24,28). The number of fused-ring (bicyclic) bond motifs is 2. The van der Waals surface area contributed by atoms with Gasteiger partial charge in [-0.3, -0.25) is 0 Å². The number of anilines is 1. The Kier molecular flexibility index (Phi) is 4.56. The summed E-state index contributed by atoms with van der Waals surface area (Å²) in [6.45, 7) is 4.44. The molecule has 0 radical (unpaired) electrons. The molecule has 1 aromatic carbocycles. The molecule has 156 valence electrons. The first-order chi connectivity index (χ1) is 14.0. The smallest absolute Gasteiger partial charge is 0.322 e. The van der Waals surface area contributed by atoms with E-state index < -0.39 is 0 Å². The summed E-state index contributed by atoms with van der Waals surface area (Å²) in [4.78, 5) is 28.4. The first-order valence-electron chi connectivity index (χ1n) is 10.9. The molecular weight excluding hydrogens is 368 g/mol. The van der Waals surface area contributed by atoms with Crippen molar-refractivity contribution in [2.45, 2.75) is 57.5 Å². The second-order valence-electron chi connectivity index (χ2n) is 9.17. The van der Waals surface area contributed by atoms with Gasteiger partial charge in [0.25, 0.3) is 0 Å². The number of nitrogens with one attached hydrogen (secondary N) is 2. The summed E-state index contributed by atoms with van der Waals surface area (Å²) < 4.78 is 5.80. The lowest BCUT2D eigenvalue weighted by molar-refractivity contribution is 0.123. The summed E-state index contributed by atoms with van der Waals surface area (Å²) in [5.41, 5.74) is 2.40. The van der Waals surface area contributed by atoms with Gasteiger partial charge in [0.2, 0.25) is 0 Å². The molecular formula is C22H30N4O3. The number of nitrogens with zero attached hydrogens (tertiary/aromatic N) is 2. The minimum absolute atomic E-state index is 0.0258. The van der Waals surface area contributed by atoms with E-state index in [0.717, 1.165) is 36.4 Å². The van der Waals surface area contributed by atoms with Crippen LogP contribution in [0.25, 0.3) is 0 Å². The number of carbonyl (C=O) groups is 2. The van der Waals surface area contributed by atoms with Crippen LogP contribution in [0.4, 0.5) is 15.3 Å². The van der Waals surface area contributed by atoms with Crippen LogP contribution < -0.4 is 15.4 Å². The van der Waals surface area contributed by atoms with E-state index in [0.29, 0.717) is 37.2 Å². The SMILES string of the molecule is Cc1cc(OCCN2CCNC2=O)ccc1NC(=O)N1C2CCC1CC1(CC1)C2. The number of rotatable bonds is 5. The molecule has 7 nitrogen and oxygen atoms in total. The largest absolute Gasteiger partial charge is 0.492 e. The van der Waals surface area contributed by atoms with Gasteiger partial charge in [0.05, 0.1) is 6.54 Å². The molecule has 4 aliphatic rings. The van der Waals surface area contributed by atoms with Crippen molar-refractivity contribution in [1.29, 1.82) is 0 Å².